The minimum Gasteiger partial charge on any atom is -0.394 e. The number of hydrogen-bond acceptors (Lipinski definition) is 8. The van der Waals surface area contributed by atoms with E-state index in [2.05, 4.69) is 19.2 Å². The number of hydrogen-bond donors (Lipinski definition) is 6. The van der Waals surface area contributed by atoms with Crippen molar-refractivity contribution in [3.8, 4) is 0 Å². The van der Waals surface area contributed by atoms with Crippen LogP contribution in [0.5, 0.6) is 0 Å². The molecule has 7 atom stereocenters. The predicted octanol–water partition coefficient (Wildman–Crippen LogP) is 8.00. The Morgan fingerprint density at radius 3 is 1.42 bits per heavy atom. The van der Waals surface area contributed by atoms with Crippen LogP contribution in [-0.2, 0) is 14.3 Å². The predicted molar refractivity (Wildman–Crippen MR) is 203 cm³/mol. The van der Waals surface area contributed by atoms with Gasteiger partial charge in [0.15, 0.2) is 6.29 Å². The Balaban J connectivity index is 2.34. The lowest BCUT2D eigenvalue weighted by Gasteiger charge is -2.40. The fraction of sp³-hybridized carbons (Fsp3) is 0.976. The second-order valence-electron chi connectivity index (χ2n) is 15.1. The summed E-state index contributed by atoms with van der Waals surface area (Å²) in [5, 5.41) is 54.1. The van der Waals surface area contributed by atoms with E-state index in [1.54, 1.807) is 0 Å². The first-order chi connectivity index (χ1) is 24.3. The molecule has 1 amide bonds. The van der Waals surface area contributed by atoms with Crippen molar-refractivity contribution in [2.45, 2.75) is 243 Å². The average molecular weight is 716 g/mol. The van der Waals surface area contributed by atoms with Gasteiger partial charge in [-0.1, -0.05) is 181 Å². The van der Waals surface area contributed by atoms with Gasteiger partial charge in [0.2, 0.25) is 5.91 Å². The molecule has 1 fully saturated rings. The van der Waals surface area contributed by atoms with Gasteiger partial charge in [-0.25, -0.2) is 0 Å². The molecule has 50 heavy (non-hydrogen) atoms. The zero-order valence-electron chi connectivity index (χ0n) is 32.4. The molecule has 9 nitrogen and oxygen atoms in total. The van der Waals surface area contributed by atoms with E-state index in [1.165, 1.54) is 135 Å². The van der Waals surface area contributed by atoms with Crippen molar-refractivity contribution in [1.82, 2.24) is 5.32 Å². The molecule has 0 aromatic rings. The van der Waals surface area contributed by atoms with E-state index in [-0.39, 0.29) is 12.5 Å². The number of ether oxygens (including phenoxy) is 2. The molecule has 0 aromatic carbocycles. The number of aliphatic hydroxyl groups excluding tert-OH is 5. The zero-order valence-corrected chi connectivity index (χ0v) is 32.4. The molecular formula is C41H81NO8. The Morgan fingerprint density at radius 1 is 0.600 bits per heavy atom. The van der Waals surface area contributed by atoms with E-state index in [1.807, 2.05) is 0 Å². The fourth-order valence-electron chi connectivity index (χ4n) is 6.98. The van der Waals surface area contributed by atoms with E-state index < -0.39 is 49.5 Å². The van der Waals surface area contributed by atoms with Gasteiger partial charge in [0.25, 0.3) is 0 Å². The van der Waals surface area contributed by atoms with Crippen molar-refractivity contribution in [1.29, 1.82) is 0 Å². The molecule has 1 saturated heterocycles. The first-order valence-corrected chi connectivity index (χ1v) is 21.2. The lowest BCUT2D eigenvalue weighted by Crippen LogP contribution is -2.60. The van der Waals surface area contributed by atoms with Crippen molar-refractivity contribution >= 4 is 5.91 Å². The Labute approximate surface area is 306 Å². The first-order valence-electron chi connectivity index (χ1n) is 21.2. The van der Waals surface area contributed by atoms with E-state index in [0.29, 0.717) is 12.8 Å². The minimum atomic E-state index is -1.55. The van der Waals surface area contributed by atoms with Gasteiger partial charge in [0.05, 0.1) is 25.4 Å². The minimum absolute atomic E-state index is 0.132. The van der Waals surface area contributed by atoms with Crippen LogP contribution in [0.15, 0.2) is 0 Å². The summed E-state index contributed by atoms with van der Waals surface area (Å²) < 4.78 is 11.2. The van der Waals surface area contributed by atoms with Gasteiger partial charge in [-0.15, -0.1) is 0 Å². The molecule has 1 rings (SSSR count). The van der Waals surface area contributed by atoms with Gasteiger partial charge >= 0.3 is 0 Å². The molecule has 9 heteroatoms. The van der Waals surface area contributed by atoms with Crippen molar-refractivity contribution in [2.24, 2.45) is 0 Å². The van der Waals surface area contributed by atoms with Crippen LogP contribution >= 0.6 is 0 Å². The summed E-state index contributed by atoms with van der Waals surface area (Å²) >= 11 is 0. The topological polar surface area (TPSA) is 149 Å². The van der Waals surface area contributed by atoms with Crippen LogP contribution in [0.2, 0.25) is 0 Å². The third-order valence-electron chi connectivity index (χ3n) is 10.5. The molecule has 298 valence electrons. The molecule has 6 N–H and O–H groups in total. The van der Waals surface area contributed by atoms with Gasteiger partial charge < -0.3 is 40.3 Å². The number of carbonyl (C=O) groups is 1. The SMILES string of the molecule is CCCCCCCCCCCCCCCCCCC[C@@H](O)[C@H](CO[C@@H]1O[C@H](CO)[C@H](O)C(O)C1O)NC(=O)CCCCCCCCCCCC. The summed E-state index contributed by atoms with van der Waals surface area (Å²) in [4.78, 5) is 12.9. The third-order valence-corrected chi connectivity index (χ3v) is 10.5. The van der Waals surface area contributed by atoms with Crippen LogP contribution in [-0.4, -0.2) is 87.5 Å². The van der Waals surface area contributed by atoms with Gasteiger partial charge in [-0.2, -0.15) is 0 Å². The molecule has 0 bridgehead atoms. The Bertz CT molecular complexity index is 756. The molecule has 0 saturated carbocycles. The Hall–Kier alpha value is -0.810. The summed E-state index contributed by atoms with van der Waals surface area (Å²) in [5.74, 6) is -0.145. The lowest BCUT2D eigenvalue weighted by atomic mass is 9.99. The molecule has 0 radical (unpaired) electrons. The molecule has 0 spiro atoms. The van der Waals surface area contributed by atoms with Crippen molar-refractivity contribution < 1.29 is 39.8 Å². The van der Waals surface area contributed by atoms with Gasteiger partial charge in [-0.05, 0) is 12.8 Å². The summed E-state index contributed by atoms with van der Waals surface area (Å²) in [5.41, 5.74) is 0. The maximum absolute atomic E-state index is 12.9. The molecular weight excluding hydrogens is 634 g/mol. The van der Waals surface area contributed by atoms with Crippen LogP contribution in [0.4, 0.5) is 0 Å². The van der Waals surface area contributed by atoms with E-state index in [0.717, 1.165) is 38.5 Å². The number of carbonyl (C=O) groups excluding carboxylic acids is 1. The average Bonchev–Trinajstić information content (AvgIpc) is 3.11. The number of rotatable bonds is 35. The summed E-state index contributed by atoms with van der Waals surface area (Å²) in [6, 6.07) is -0.709. The number of amides is 1. The van der Waals surface area contributed by atoms with Gasteiger partial charge in [0.1, 0.15) is 24.4 Å². The van der Waals surface area contributed by atoms with E-state index in [4.69, 9.17) is 9.47 Å². The highest BCUT2D eigenvalue weighted by Gasteiger charge is 2.44. The van der Waals surface area contributed by atoms with Crippen LogP contribution < -0.4 is 5.32 Å². The van der Waals surface area contributed by atoms with Crippen LogP contribution in [0.1, 0.15) is 200 Å². The monoisotopic (exact) mass is 716 g/mol. The molecule has 0 aliphatic carbocycles. The maximum Gasteiger partial charge on any atom is 0.220 e. The van der Waals surface area contributed by atoms with Gasteiger partial charge in [0, 0.05) is 6.42 Å². The van der Waals surface area contributed by atoms with Crippen molar-refractivity contribution in [3.05, 3.63) is 0 Å². The summed E-state index contributed by atoms with van der Waals surface area (Å²) in [7, 11) is 0. The maximum atomic E-state index is 12.9. The second kappa shape index (κ2) is 32.8. The van der Waals surface area contributed by atoms with Crippen LogP contribution in [0.25, 0.3) is 0 Å². The fourth-order valence-corrected chi connectivity index (χ4v) is 6.98. The Kier molecular flexibility index (Phi) is 31.0. The zero-order chi connectivity index (χ0) is 36.7. The highest BCUT2D eigenvalue weighted by atomic mass is 16.7. The second-order valence-corrected chi connectivity index (χ2v) is 15.1. The normalized spacial score (nSPS) is 22.1. The van der Waals surface area contributed by atoms with Gasteiger partial charge in [-0.3, -0.25) is 4.79 Å². The molecule has 1 aliphatic rings. The van der Waals surface area contributed by atoms with Crippen molar-refractivity contribution in [2.75, 3.05) is 13.2 Å². The molecule has 1 heterocycles. The van der Waals surface area contributed by atoms with Crippen LogP contribution in [0, 0.1) is 0 Å². The Morgan fingerprint density at radius 2 is 1.00 bits per heavy atom. The first kappa shape index (κ1) is 47.2. The highest BCUT2D eigenvalue weighted by Crippen LogP contribution is 2.23. The molecule has 1 aliphatic heterocycles. The summed E-state index contributed by atoms with van der Waals surface area (Å²) in [6.45, 7) is 3.82. The molecule has 2 unspecified atom stereocenters. The highest BCUT2D eigenvalue weighted by molar-refractivity contribution is 5.76. The third kappa shape index (κ3) is 23.7. The quantitative estimate of drug-likeness (QED) is 0.0362. The summed E-state index contributed by atoms with van der Waals surface area (Å²) in [6.07, 6.45) is 26.8. The standard InChI is InChI=1S/C41H81NO8/c1-3-5-7-9-11-13-15-16-17-18-19-20-21-22-24-26-28-30-35(44)34(33-49-41-40(48)39(47)38(46)36(32-43)50-41)42-37(45)31-29-27-25-23-14-12-10-8-6-4-2/h34-36,38-41,43-44,46-48H,3-33H2,1-2H3,(H,42,45)/t34-,35+,36+,38-,39?,40?,41+/m0/s1. The van der Waals surface area contributed by atoms with E-state index in [9.17, 15) is 30.3 Å². The van der Waals surface area contributed by atoms with E-state index >= 15 is 0 Å². The lowest BCUT2D eigenvalue weighted by molar-refractivity contribution is -0.302. The smallest absolute Gasteiger partial charge is 0.220 e. The van der Waals surface area contributed by atoms with Crippen LogP contribution in [0.3, 0.4) is 0 Å². The largest absolute Gasteiger partial charge is 0.394 e. The number of nitrogens with one attached hydrogen (secondary N) is 1. The number of aliphatic hydroxyl groups is 5. The molecule has 0 aromatic heterocycles. The number of unbranched alkanes of at least 4 members (excludes halogenated alkanes) is 25. The van der Waals surface area contributed by atoms with Crippen molar-refractivity contribution in [3.63, 3.8) is 0 Å².